The molecule has 0 fully saturated rings. The van der Waals surface area contributed by atoms with E-state index in [0.717, 1.165) is 31.1 Å². The van der Waals surface area contributed by atoms with Crippen molar-refractivity contribution in [2.45, 2.75) is 39.2 Å². The number of hydrogen-bond acceptors (Lipinski definition) is 3. The fourth-order valence-electron chi connectivity index (χ4n) is 2.82. The summed E-state index contributed by atoms with van der Waals surface area (Å²) in [5.41, 5.74) is 2.42. The number of fused-ring (bicyclic) bond motifs is 1. The standard InChI is InChI=1S/C15H23N5/c1-11(2)4-5-12-10-15-16-8-6-14(20(15)18-12)13-7-9-17-19(13)3/h7,9-11,14,16H,4-6,8H2,1-3H3. The van der Waals surface area contributed by atoms with Crippen LogP contribution < -0.4 is 5.32 Å². The smallest absolute Gasteiger partial charge is 0.125 e. The quantitative estimate of drug-likeness (QED) is 0.931. The Labute approximate surface area is 120 Å². The molecule has 0 aliphatic carbocycles. The minimum absolute atomic E-state index is 0.298. The van der Waals surface area contributed by atoms with Crippen LogP contribution in [-0.4, -0.2) is 26.1 Å². The summed E-state index contributed by atoms with van der Waals surface area (Å²) in [6, 6.07) is 4.59. The molecule has 1 aliphatic rings. The van der Waals surface area contributed by atoms with Gasteiger partial charge in [-0.15, -0.1) is 0 Å². The molecule has 1 unspecified atom stereocenters. The van der Waals surface area contributed by atoms with Gasteiger partial charge in [-0.2, -0.15) is 10.2 Å². The summed E-state index contributed by atoms with van der Waals surface area (Å²) in [7, 11) is 2.00. The fraction of sp³-hybridized carbons (Fsp3) is 0.600. The Morgan fingerprint density at radius 2 is 2.30 bits per heavy atom. The van der Waals surface area contributed by atoms with Gasteiger partial charge in [-0.05, 0) is 31.2 Å². The first-order valence-electron chi connectivity index (χ1n) is 7.45. The Bertz CT molecular complexity index is 581. The molecule has 0 spiro atoms. The Morgan fingerprint density at radius 1 is 1.45 bits per heavy atom. The van der Waals surface area contributed by atoms with E-state index in [1.165, 1.54) is 17.8 Å². The maximum absolute atomic E-state index is 4.81. The molecule has 1 N–H and O–H groups in total. The van der Waals surface area contributed by atoms with E-state index in [4.69, 9.17) is 5.10 Å². The molecule has 2 aromatic rings. The van der Waals surface area contributed by atoms with Crippen molar-refractivity contribution in [3.8, 4) is 0 Å². The second-order valence-electron chi connectivity index (χ2n) is 6.01. The highest BCUT2D eigenvalue weighted by atomic mass is 15.4. The van der Waals surface area contributed by atoms with Crippen LogP contribution >= 0.6 is 0 Å². The number of anilines is 1. The molecule has 3 heterocycles. The summed E-state index contributed by atoms with van der Waals surface area (Å²) < 4.78 is 4.09. The molecule has 1 aliphatic heterocycles. The molecule has 3 rings (SSSR count). The Hall–Kier alpha value is -1.78. The van der Waals surface area contributed by atoms with E-state index < -0.39 is 0 Å². The number of rotatable bonds is 4. The molecule has 1 atom stereocenters. The van der Waals surface area contributed by atoms with Crippen LogP contribution in [0.15, 0.2) is 18.3 Å². The predicted octanol–water partition coefficient (Wildman–Crippen LogP) is 2.61. The average Bonchev–Trinajstić information content (AvgIpc) is 3.01. The zero-order valence-electron chi connectivity index (χ0n) is 12.5. The van der Waals surface area contributed by atoms with Crippen LogP contribution in [0.25, 0.3) is 0 Å². The second kappa shape index (κ2) is 5.31. The lowest BCUT2D eigenvalue weighted by Gasteiger charge is -2.25. The van der Waals surface area contributed by atoms with Gasteiger partial charge in [-0.25, -0.2) is 4.68 Å². The number of nitrogens with one attached hydrogen (secondary N) is 1. The van der Waals surface area contributed by atoms with Crippen molar-refractivity contribution in [3.05, 3.63) is 29.7 Å². The Kier molecular flexibility index (Phi) is 3.51. The zero-order valence-corrected chi connectivity index (χ0v) is 12.5. The van der Waals surface area contributed by atoms with Gasteiger partial charge in [0.15, 0.2) is 0 Å². The third kappa shape index (κ3) is 2.44. The lowest BCUT2D eigenvalue weighted by atomic mass is 10.1. The van der Waals surface area contributed by atoms with Crippen LogP contribution in [0.4, 0.5) is 5.82 Å². The molecule has 0 saturated heterocycles. The van der Waals surface area contributed by atoms with Gasteiger partial charge in [0.25, 0.3) is 0 Å². The van der Waals surface area contributed by atoms with Crippen molar-refractivity contribution in [3.63, 3.8) is 0 Å². The summed E-state index contributed by atoms with van der Waals surface area (Å²) >= 11 is 0. The van der Waals surface area contributed by atoms with Crippen LogP contribution in [0, 0.1) is 5.92 Å². The highest BCUT2D eigenvalue weighted by molar-refractivity contribution is 5.40. The molecule has 0 aromatic carbocycles. The van der Waals surface area contributed by atoms with Crippen LogP contribution in [0.2, 0.25) is 0 Å². The largest absolute Gasteiger partial charge is 0.370 e. The van der Waals surface area contributed by atoms with E-state index in [2.05, 4.69) is 41.1 Å². The van der Waals surface area contributed by atoms with E-state index in [9.17, 15) is 0 Å². The van der Waals surface area contributed by atoms with Crippen molar-refractivity contribution in [1.82, 2.24) is 19.6 Å². The van der Waals surface area contributed by atoms with Crippen LogP contribution in [0.1, 0.15) is 44.1 Å². The van der Waals surface area contributed by atoms with Crippen molar-refractivity contribution in [1.29, 1.82) is 0 Å². The molecule has 5 heteroatoms. The maximum Gasteiger partial charge on any atom is 0.125 e. The second-order valence-corrected chi connectivity index (χ2v) is 6.01. The number of hydrogen-bond donors (Lipinski definition) is 1. The van der Waals surface area contributed by atoms with E-state index in [-0.39, 0.29) is 0 Å². The lowest BCUT2D eigenvalue weighted by molar-refractivity contribution is 0.447. The van der Waals surface area contributed by atoms with Crippen molar-refractivity contribution in [2.75, 3.05) is 11.9 Å². The normalized spacial score (nSPS) is 18.1. The van der Waals surface area contributed by atoms with E-state index in [1.54, 1.807) is 0 Å². The SMILES string of the molecule is CC(C)CCc1cc2n(n1)C(c1ccnn1C)CCN2. The summed E-state index contributed by atoms with van der Waals surface area (Å²) in [6.45, 7) is 5.50. The number of aromatic nitrogens is 4. The molecule has 0 saturated carbocycles. The Balaban J connectivity index is 1.87. The molecule has 2 aromatic heterocycles. The van der Waals surface area contributed by atoms with Crippen molar-refractivity contribution < 1.29 is 0 Å². The van der Waals surface area contributed by atoms with Gasteiger partial charge in [0.1, 0.15) is 5.82 Å². The lowest BCUT2D eigenvalue weighted by Crippen LogP contribution is -2.25. The van der Waals surface area contributed by atoms with E-state index in [0.29, 0.717) is 6.04 Å². The maximum atomic E-state index is 4.81. The fourth-order valence-corrected chi connectivity index (χ4v) is 2.82. The molecule has 0 radical (unpaired) electrons. The Morgan fingerprint density at radius 3 is 3.00 bits per heavy atom. The highest BCUT2D eigenvalue weighted by Gasteiger charge is 2.25. The van der Waals surface area contributed by atoms with Gasteiger partial charge in [-0.3, -0.25) is 4.68 Å². The first-order valence-corrected chi connectivity index (χ1v) is 7.45. The van der Waals surface area contributed by atoms with Gasteiger partial charge < -0.3 is 5.32 Å². The summed E-state index contributed by atoms with van der Waals surface area (Å²) in [4.78, 5) is 0. The van der Waals surface area contributed by atoms with Crippen LogP contribution in [0.3, 0.4) is 0 Å². The first kappa shape index (κ1) is 13.2. The molecule has 108 valence electrons. The number of aryl methyl sites for hydroxylation is 2. The van der Waals surface area contributed by atoms with Crippen LogP contribution in [-0.2, 0) is 13.5 Å². The molecule has 5 nitrogen and oxygen atoms in total. The van der Waals surface area contributed by atoms with Crippen molar-refractivity contribution in [2.24, 2.45) is 13.0 Å². The monoisotopic (exact) mass is 273 g/mol. The summed E-state index contributed by atoms with van der Waals surface area (Å²) in [5.74, 6) is 1.86. The summed E-state index contributed by atoms with van der Waals surface area (Å²) in [6.07, 6.45) is 5.16. The molecule has 20 heavy (non-hydrogen) atoms. The van der Waals surface area contributed by atoms with Gasteiger partial charge in [0, 0.05) is 25.9 Å². The van der Waals surface area contributed by atoms with Gasteiger partial charge in [0.05, 0.1) is 17.4 Å². The van der Waals surface area contributed by atoms with E-state index in [1.807, 2.05) is 17.9 Å². The minimum Gasteiger partial charge on any atom is -0.370 e. The summed E-state index contributed by atoms with van der Waals surface area (Å²) in [5, 5.41) is 12.6. The predicted molar refractivity (Wildman–Crippen MR) is 79.8 cm³/mol. The van der Waals surface area contributed by atoms with Gasteiger partial charge in [-0.1, -0.05) is 13.8 Å². The van der Waals surface area contributed by atoms with Crippen molar-refractivity contribution >= 4 is 5.82 Å². The molecular formula is C15H23N5. The van der Waals surface area contributed by atoms with Gasteiger partial charge >= 0.3 is 0 Å². The number of nitrogens with zero attached hydrogens (tertiary/aromatic N) is 4. The third-order valence-corrected chi connectivity index (χ3v) is 3.98. The highest BCUT2D eigenvalue weighted by Crippen LogP contribution is 2.29. The minimum atomic E-state index is 0.298. The third-order valence-electron chi connectivity index (χ3n) is 3.98. The van der Waals surface area contributed by atoms with Gasteiger partial charge in [0.2, 0.25) is 0 Å². The molecule has 0 amide bonds. The molecule has 0 bridgehead atoms. The average molecular weight is 273 g/mol. The molecular weight excluding hydrogens is 250 g/mol. The topological polar surface area (TPSA) is 47.7 Å². The van der Waals surface area contributed by atoms with E-state index >= 15 is 0 Å². The van der Waals surface area contributed by atoms with Crippen LogP contribution in [0.5, 0.6) is 0 Å². The zero-order chi connectivity index (χ0) is 14.1. The first-order chi connectivity index (χ1) is 9.65.